The topological polar surface area (TPSA) is 154 Å². The summed E-state index contributed by atoms with van der Waals surface area (Å²) in [5.41, 5.74) is 11.7. The van der Waals surface area contributed by atoms with E-state index in [2.05, 4.69) is 35.6 Å². The molecule has 3 aromatic heterocycles. The molecular formula is C16H14BrClN6O3S. The van der Waals surface area contributed by atoms with Gasteiger partial charge in [-0.1, -0.05) is 11.6 Å². The summed E-state index contributed by atoms with van der Waals surface area (Å²) in [5, 5.41) is 0.567. The molecule has 0 aliphatic carbocycles. The lowest BCUT2D eigenvalue weighted by Crippen LogP contribution is -2.28. The number of anilines is 1. The summed E-state index contributed by atoms with van der Waals surface area (Å²) in [7, 11) is -3.95. The summed E-state index contributed by atoms with van der Waals surface area (Å²) in [6.07, 6.45) is 2.55. The number of amides is 1. The first-order valence-electron chi connectivity index (χ1n) is 7.78. The van der Waals surface area contributed by atoms with Gasteiger partial charge in [0, 0.05) is 22.3 Å². The van der Waals surface area contributed by atoms with Gasteiger partial charge in [-0.25, -0.2) is 23.1 Å². The van der Waals surface area contributed by atoms with Crippen molar-refractivity contribution in [1.29, 1.82) is 0 Å². The zero-order valence-electron chi connectivity index (χ0n) is 14.3. The smallest absolute Gasteiger partial charge is 0.252 e. The van der Waals surface area contributed by atoms with Crippen molar-refractivity contribution in [3.8, 4) is 0 Å². The Kier molecular flexibility index (Phi) is 5.53. The van der Waals surface area contributed by atoms with E-state index in [1.165, 1.54) is 18.3 Å². The van der Waals surface area contributed by atoms with Gasteiger partial charge in [0.2, 0.25) is 10.0 Å². The number of nitrogen functional groups attached to an aromatic ring is 1. The van der Waals surface area contributed by atoms with Crippen LogP contribution in [0, 0.1) is 0 Å². The quantitative estimate of drug-likeness (QED) is 0.500. The molecule has 28 heavy (non-hydrogen) atoms. The van der Waals surface area contributed by atoms with E-state index in [0.29, 0.717) is 15.6 Å². The highest BCUT2D eigenvalue weighted by Crippen LogP contribution is 2.28. The van der Waals surface area contributed by atoms with E-state index in [9.17, 15) is 13.2 Å². The van der Waals surface area contributed by atoms with Crippen LogP contribution in [0.3, 0.4) is 0 Å². The summed E-state index contributed by atoms with van der Waals surface area (Å²) >= 11 is 9.33. The first-order valence-corrected chi connectivity index (χ1v) is 10.4. The fraction of sp³-hybridized carbons (Fsp3) is 0.125. The molecule has 0 saturated heterocycles. The Labute approximate surface area is 173 Å². The molecule has 1 unspecified atom stereocenters. The molecular weight excluding hydrogens is 472 g/mol. The highest BCUT2D eigenvalue weighted by Gasteiger charge is 2.24. The molecule has 5 N–H and O–H groups in total. The van der Waals surface area contributed by atoms with Gasteiger partial charge >= 0.3 is 0 Å². The minimum absolute atomic E-state index is 0.0497. The zero-order chi connectivity index (χ0) is 20.6. The zero-order valence-corrected chi connectivity index (χ0v) is 17.5. The minimum Gasteiger partial charge on any atom is -0.383 e. The summed E-state index contributed by atoms with van der Waals surface area (Å²) in [5.74, 6) is -0.766. The van der Waals surface area contributed by atoms with Crippen molar-refractivity contribution in [3.63, 3.8) is 0 Å². The van der Waals surface area contributed by atoms with E-state index in [4.69, 9.17) is 23.1 Å². The molecule has 0 spiro atoms. The number of nitrogens with one attached hydrogen (secondary N) is 1. The van der Waals surface area contributed by atoms with E-state index < -0.39 is 22.0 Å². The first kappa shape index (κ1) is 20.4. The summed E-state index contributed by atoms with van der Waals surface area (Å²) in [6.45, 7) is 1.61. The maximum Gasteiger partial charge on any atom is 0.252 e. The van der Waals surface area contributed by atoms with Gasteiger partial charge in [-0.2, -0.15) is 0 Å². The van der Waals surface area contributed by atoms with Gasteiger partial charge in [-0.05, 0) is 41.1 Å². The first-order chi connectivity index (χ1) is 13.1. The minimum atomic E-state index is -3.95. The van der Waals surface area contributed by atoms with Crippen molar-refractivity contribution in [3.05, 3.63) is 51.3 Å². The second-order valence-corrected chi connectivity index (χ2v) is 8.78. The molecule has 0 radical (unpaired) electrons. The standard InChI is InChI=1S/C16H14BrClN6O3S/c1-7(24-28(26,27)12-6-21-3-2-11(12)18)13-10(17)5-8-4-9(15(20)25)14(19)23-16(8)22-13/h2-7,24H,1H3,(H2,20,25)(H2,19,22,23). The fourth-order valence-corrected chi connectivity index (χ4v) is 4.84. The number of hydrogen-bond donors (Lipinski definition) is 3. The third kappa shape index (κ3) is 3.92. The Morgan fingerprint density at radius 2 is 2.04 bits per heavy atom. The molecule has 0 bridgehead atoms. The van der Waals surface area contributed by atoms with Crippen LogP contribution in [-0.4, -0.2) is 29.3 Å². The predicted molar refractivity (Wildman–Crippen MR) is 108 cm³/mol. The van der Waals surface area contributed by atoms with E-state index in [1.54, 1.807) is 13.0 Å². The number of carbonyl (C=O) groups is 1. The molecule has 9 nitrogen and oxygen atoms in total. The largest absolute Gasteiger partial charge is 0.383 e. The molecule has 0 aliphatic heterocycles. The van der Waals surface area contributed by atoms with Crippen LogP contribution in [0.1, 0.15) is 29.0 Å². The summed E-state index contributed by atoms with van der Waals surface area (Å²) < 4.78 is 28.2. The average Bonchev–Trinajstić information content (AvgIpc) is 2.60. The summed E-state index contributed by atoms with van der Waals surface area (Å²) in [4.78, 5) is 23.5. The van der Waals surface area contributed by atoms with Crippen molar-refractivity contribution >= 4 is 60.3 Å². The van der Waals surface area contributed by atoms with Gasteiger partial charge in [0.15, 0.2) is 5.65 Å². The number of halogens is 2. The van der Waals surface area contributed by atoms with Crippen LogP contribution in [0.25, 0.3) is 11.0 Å². The molecule has 0 aliphatic rings. The van der Waals surface area contributed by atoms with Crippen LogP contribution in [0.4, 0.5) is 5.82 Å². The molecule has 12 heteroatoms. The number of fused-ring (bicyclic) bond motifs is 1. The lowest BCUT2D eigenvalue weighted by Gasteiger charge is -2.16. The molecule has 0 saturated carbocycles. The second-order valence-electron chi connectivity index (χ2n) is 5.84. The molecule has 1 atom stereocenters. The number of rotatable bonds is 5. The number of carbonyl (C=O) groups excluding carboxylic acids is 1. The fourth-order valence-electron chi connectivity index (χ4n) is 2.52. The van der Waals surface area contributed by atoms with Crippen LogP contribution in [0.5, 0.6) is 0 Å². The average molecular weight is 486 g/mol. The number of pyridine rings is 3. The van der Waals surface area contributed by atoms with Crippen LogP contribution in [0.2, 0.25) is 5.02 Å². The normalized spacial score (nSPS) is 12.8. The third-order valence-electron chi connectivity index (χ3n) is 3.84. The molecule has 3 aromatic rings. The third-order valence-corrected chi connectivity index (χ3v) is 6.49. The van der Waals surface area contributed by atoms with E-state index in [-0.39, 0.29) is 26.9 Å². The summed E-state index contributed by atoms with van der Waals surface area (Å²) in [6, 6.07) is 3.77. The Hall–Kier alpha value is -2.34. The molecule has 3 rings (SSSR count). The van der Waals surface area contributed by atoms with E-state index >= 15 is 0 Å². The van der Waals surface area contributed by atoms with Crippen molar-refractivity contribution < 1.29 is 13.2 Å². The van der Waals surface area contributed by atoms with Gasteiger partial charge in [-0.3, -0.25) is 9.78 Å². The van der Waals surface area contributed by atoms with E-state index in [0.717, 1.165) is 6.20 Å². The Balaban J connectivity index is 2.01. The van der Waals surface area contributed by atoms with Crippen molar-refractivity contribution in [2.45, 2.75) is 17.9 Å². The SMILES string of the molecule is CC(NS(=O)(=O)c1cnccc1Cl)c1nc2nc(N)c(C(N)=O)cc2cc1Br. The van der Waals surface area contributed by atoms with Crippen LogP contribution in [0.15, 0.2) is 40.0 Å². The maximum absolute atomic E-state index is 12.6. The number of nitrogens with two attached hydrogens (primary N) is 2. The Morgan fingerprint density at radius 1 is 1.32 bits per heavy atom. The number of nitrogens with zero attached hydrogens (tertiary/aromatic N) is 3. The van der Waals surface area contributed by atoms with Gasteiger partial charge in [0.1, 0.15) is 10.7 Å². The highest BCUT2D eigenvalue weighted by atomic mass is 79.9. The highest BCUT2D eigenvalue weighted by molar-refractivity contribution is 9.10. The Morgan fingerprint density at radius 3 is 2.68 bits per heavy atom. The number of primary amides is 1. The van der Waals surface area contributed by atoms with E-state index in [1.807, 2.05) is 0 Å². The monoisotopic (exact) mass is 484 g/mol. The van der Waals surface area contributed by atoms with Gasteiger partial charge in [0.25, 0.3) is 5.91 Å². The molecule has 1 amide bonds. The van der Waals surface area contributed by atoms with Gasteiger partial charge < -0.3 is 11.5 Å². The van der Waals surface area contributed by atoms with Crippen LogP contribution in [-0.2, 0) is 10.0 Å². The van der Waals surface area contributed by atoms with Gasteiger partial charge in [-0.15, -0.1) is 0 Å². The number of sulfonamides is 1. The van der Waals surface area contributed by atoms with Gasteiger partial charge in [0.05, 0.1) is 22.3 Å². The predicted octanol–water partition coefficient (Wildman–Crippen LogP) is 2.16. The van der Waals surface area contributed by atoms with Crippen molar-refractivity contribution in [1.82, 2.24) is 19.7 Å². The maximum atomic E-state index is 12.6. The van der Waals surface area contributed by atoms with Crippen molar-refractivity contribution in [2.75, 3.05) is 5.73 Å². The lowest BCUT2D eigenvalue weighted by molar-refractivity contribution is 0.100. The van der Waals surface area contributed by atoms with Crippen LogP contribution < -0.4 is 16.2 Å². The second kappa shape index (κ2) is 7.59. The number of aromatic nitrogens is 3. The number of hydrogen-bond acceptors (Lipinski definition) is 7. The van der Waals surface area contributed by atoms with Crippen molar-refractivity contribution in [2.24, 2.45) is 5.73 Å². The molecule has 3 heterocycles. The Bertz CT molecular complexity index is 1200. The molecule has 0 aromatic carbocycles. The molecule has 0 fully saturated rings. The van der Waals surface area contributed by atoms with Crippen LogP contribution >= 0.6 is 27.5 Å². The lowest BCUT2D eigenvalue weighted by atomic mass is 10.1. The molecule has 146 valence electrons.